The molecule has 5 nitrogen and oxygen atoms in total. The maximum absolute atomic E-state index is 13.1. The third-order valence-electron chi connectivity index (χ3n) is 7.25. The van der Waals surface area contributed by atoms with Crippen LogP contribution in [0.2, 0.25) is 4.34 Å². The predicted molar refractivity (Wildman–Crippen MR) is 140 cm³/mol. The molecule has 5 rings (SSSR count). The zero-order chi connectivity index (χ0) is 25.3. The number of hydrogen-bond acceptors (Lipinski definition) is 5. The fourth-order valence-electron chi connectivity index (χ4n) is 5.49. The maximum Gasteiger partial charge on any atom is 0.227 e. The van der Waals surface area contributed by atoms with Crippen molar-refractivity contribution in [2.75, 3.05) is 17.7 Å². The Morgan fingerprint density at radius 2 is 1.75 bits per heavy atom. The van der Waals surface area contributed by atoms with Gasteiger partial charge in [-0.1, -0.05) is 17.7 Å². The van der Waals surface area contributed by atoms with Crippen LogP contribution in [-0.2, 0) is 27.5 Å². The maximum atomic E-state index is 13.1. The van der Waals surface area contributed by atoms with Gasteiger partial charge >= 0.3 is 0 Å². The van der Waals surface area contributed by atoms with Gasteiger partial charge in [0, 0.05) is 5.69 Å². The number of fused-ring (bicyclic) bond motifs is 3. The fraction of sp³-hybridized carbons (Fsp3) is 0.370. The molecular formula is C27H27ClFNO4S2. The Hall–Kier alpha value is -2.42. The monoisotopic (exact) mass is 547 g/mol. The zero-order valence-electron chi connectivity index (χ0n) is 19.6. The Kier molecular flexibility index (Phi) is 7.37. The van der Waals surface area contributed by atoms with E-state index in [0.29, 0.717) is 26.1 Å². The van der Waals surface area contributed by atoms with Gasteiger partial charge in [-0.25, -0.2) is 12.8 Å². The number of thiophene rings is 1. The summed E-state index contributed by atoms with van der Waals surface area (Å²) in [6, 6.07) is 14.9. The van der Waals surface area contributed by atoms with Crippen LogP contribution >= 0.6 is 22.9 Å². The van der Waals surface area contributed by atoms with Gasteiger partial charge in [0.25, 0.3) is 0 Å². The molecule has 3 atom stereocenters. The molecular weight excluding hydrogens is 521 g/mol. The summed E-state index contributed by atoms with van der Waals surface area (Å²) >= 11 is 7.11. The molecule has 2 aliphatic carbocycles. The SMILES string of the molecule is O=C(CCOc1ccc(F)cc1)Nc1ccc2c(c1)CC1CCC(C2)C1CS(=O)(=O)c1ccc(Cl)s1. The topological polar surface area (TPSA) is 72.5 Å². The van der Waals surface area contributed by atoms with Gasteiger partial charge in [-0.15, -0.1) is 11.3 Å². The molecule has 190 valence electrons. The van der Waals surface area contributed by atoms with E-state index in [9.17, 15) is 17.6 Å². The molecule has 2 aliphatic rings. The summed E-state index contributed by atoms with van der Waals surface area (Å²) in [5.74, 6) is 0.933. The van der Waals surface area contributed by atoms with E-state index in [4.69, 9.17) is 16.3 Å². The summed E-state index contributed by atoms with van der Waals surface area (Å²) in [5.41, 5.74) is 3.15. The van der Waals surface area contributed by atoms with Gasteiger partial charge in [0.2, 0.25) is 5.91 Å². The van der Waals surface area contributed by atoms with Crippen molar-refractivity contribution in [3.8, 4) is 5.75 Å². The minimum Gasteiger partial charge on any atom is -0.493 e. The lowest BCUT2D eigenvalue weighted by Gasteiger charge is -2.21. The van der Waals surface area contributed by atoms with Crippen LogP contribution in [0.5, 0.6) is 5.75 Å². The largest absolute Gasteiger partial charge is 0.493 e. The fourth-order valence-corrected chi connectivity index (χ4v) is 8.88. The Morgan fingerprint density at radius 3 is 2.44 bits per heavy atom. The Balaban J connectivity index is 1.21. The lowest BCUT2D eigenvalue weighted by molar-refractivity contribution is -0.116. The van der Waals surface area contributed by atoms with Crippen LogP contribution in [0.4, 0.5) is 10.1 Å². The molecule has 0 saturated heterocycles. The van der Waals surface area contributed by atoms with E-state index in [0.717, 1.165) is 42.7 Å². The molecule has 9 heteroatoms. The van der Waals surface area contributed by atoms with E-state index >= 15 is 0 Å². The number of halogens is 2. The molecule has 2 aromatic carbocycles. The van der Waals surface area contributed by atoms with E-state index < -0.39 is 9.84 Å². The van der Waals surface area contributed by atoms with Crippen molar-refractivity contribution in [2.45, 2.75) is 36.3 Å². The summed E-state index contributed by atoms with van der Waals surface area (Å²) < 4.78 is 45.5. The van der Waals surface area contributed by atoms with E-state index in [-0.39, 0.29) is 36.4 Å². The van der Waals surface area contributed by atoms with Crippen LogP contribution in [0.15, 0.2) is 58.8 Å². The number of carbonyl (C=O) groups is 1. The van der Waals surface area contributed by atoms with Crippen molar-refractivity contribution in [3.05, 3.63) is 75.9 Å². The van der Waals surface area contributed by atoms with Crippen LogP contribution in [0.1, 0.15) is 30.4 Å². The van der Waals surface area contributed by atoms with Crippen LogP contribution < -0.4 is 10.1 Å². The number of rotatable bonds is 8. The number of hydrogen-bond donors (Lipinski definition) is 1. The molecule has 36 heavy (non-hydrogen) atoms. The van der Waals surface area contributed by atoms with Crippen LogP contribution in [0, 0.1) is 23.6 Å². The molecule has 3 aromatic rings. The third-order valence-corrected chi connectivity index (χ3v) is 10.9. The quantitative estimate of drug-likeness (QED) is 0.366. The highest BCUT2D eigenvalue weighted by Crippen LogP contribution is 2.46. The molecule has 1 amide bonds. The van der Waals surface area contributed by atoms with Crippen molar-refractivity contribution in [3.63, 3.8) is 0 Å². The smallest absolute Gasteiger partial charge is 0.227 e. The molecule has 1 heterocycles. The zero-order valence-corrected chi connectivity index (χ0v) is 22.0. The van der Waals surface area contributed by atoms with Gasteiger partial charge in [0.15, 0.2) is 9.84 Å². The minimum absolute atomic E-state index is 0.116. The molecule has 3 unspecified atom stereocenters. The van der Waals surface area contributed by atoms with Crippen LogP contribution in [-0.4, -0.2) is 26.7 Å². The predicted octanol–water partition coefficient (Wildman–Crippen LogP) is 6.16. The molecule has 0 aliphatic heterocycles. The molecule has 0 spiro atoms. The second-order valence-corrected chi connectivity index (χ2v) is 13.6. The molecule has 0 radical (unpaired) electrons. The number of nitrogens with one attached hydrogen (secondary N) is 1. The number of carbonyl (C=O) groups excluding carboxylic acids is 1. The number of sulfone groups is 1. The Morgan fingerprint density at radius 1 is 1.03 bits per heavy atom. The first-order valence-electron chi connectivity index (χ1n) is 12.0. The summed E-state index contributed by atoms with van der Waals surface area (Å²) in [5, 5.41) is 2.94. The summed E-state index contributed by atoms with van der Waals surface area (Å²) in [6.07, 6.45) is 3.91. The average Bonchev–Trinajstić information content (AvgIpc) is 3.39. The van der Waals surface area contributed by atoms with Crippen molar-refractivity contribution in [2.24, 2.45) is 17.8 Å². The van der Waals surface area contributed by atoms with Crippen molar-refractivity contribution < 1.29 is 22.3 Å². The standard InChI is InChI=1S/C27H27ClFNO4S2/c28-25-9-10-27(35-25)36(32,33)16-24-18-1-2-19(24)14-20-15-22(6-3-17(20)13-18)30-26(31)11-12-34-23-7-4-21(29)5-8-23/h3-10,15,18-19,24H,1-2,11-14,16H2,(H,30,31). The highest BCUT2D eigenvalue weighted by Gasteiger charge is 2.41. The average molecular weight is 548 g/mol. The van der Waals surface area contributed by atoms with E-state index in [1.54, 1.807) is 12.1 Å². The highest BCUT2D eigenvalue weighted by atomic mass is 35.5. The van der Waals surface area contributed by atoms with Gasteiger partial charge in [0.1, 0.15) is 15.8 Å². The van der Waals surface area contributed by atoms with Crippen molar-refractivity contribution >= 4 is 44.4 Å². The summed E-state index contributed by atoms with van der Waals surface area (Å²) in [4.78, 5) is 12.4. The second kappa shape index (κ2) is 10.5. The van der Waals surface area contributed by atoms with E-state index in [2.05, 4.69) is 11.4 Å². The van der Waals surface area contributed by atoms with Crippen molar-refractivity contribution in [1.82, 2.24) is 0 Å². The number of ether oxygens (including phenoxy) is 1. The van der Waals surface area contributed by atoms with Gasteiger partial charge in [-0.05, 0) is 103 Å². The molecule has 2 bridgehead atoms. The first-order valence-corrected chi connectivity index (χ1v) is 14.9. The number of benzene rings is 2. The van der Waals surface area contributed by atoms with Gasteiger partial charge in [-0.3, -0.25) is 4.79 Å². The molecule has 1 aromatic heterocycles. The normalized spacial score (nSPS) is 21.0. The molecule has 1 saturated carbocycles. The third kappa shape index (κ3) is 5.76. The second-order valence-electron chi connectivity index (χ2n) is 9.59. The van der Waals surface area contributed by atoms with Crippen molar-refractivity contribution in [1.29, 1.82) is 0 Å². The first kappa shape index (κ1) is 25.2. The van der Waals surface area contributed by atoms with Gasteiger partial charge < -0.3 is 10.1 Å². The number of anilines is 1. The van der Waals surface area contributed by atoms with Crippen LogP contribution in [0.3, 0.4) is 0 Å². The minimum atomic E-state index is -3.38. The van der Waals surface area contributed by atoms with Gasteiger partial charge in [0.05, 0.1) is 23.1 Å². The van der Waals surface area contributed by atoms with E-state index in [1.807, 2.05) is 12.1 Å². The highest BCUT2D eigenvalue weighted by molar-refractivity contribution is 7.93. The molecule has 1 N–H and O–H groups in total. The van der Waals surface area contributed by atoms with E-state index in [1.165, 1.54) is 35.4 Å². The molecule has 1 fully saturated rings. The first-order chi connectivity index (χ1) is 17.3. The number of amides is 1. The summed E-state index contributed by atoms with van der Waals surface area (Å²) in [6.45, 7) is 0.192. The lowest BCUT2D eigenvalue weighted by Crippen LogP contribution is -2.25. The lowest BCUT2D eigenvalue weighted by atomic mass is 9.89. The Bertz CT molecular complexity index is 1360. The van der Waals surface area contributed by atoms with Gasteiger partial charge in [-0.2, -0.15) is 0 Å². The Labute approximate surface area is 219 Å². The van der Waals surface area contributed by atoms with Crippen LogP contribution in [0.25, 0.3) is 0 Å². The summed E-state index contributed by atoms with van der Waals surface area (Å²) in [7, 11) is -3.38.